The third-order valence-corrected chi connectivity index (χ3v) is 6.17. The molecule has 0 aliphatic carbocycles. The Morgan fingerprint density at radius 2 is 1.70 bits per heavy atom. The lowest BCUT2D eigenvalue weighted by molar-refractivity contribution is 0.239. The molecule has 3 rings (SSSR count). The van der Waals surface area contributed by atoms with Crippen molar-refractivity contribution in [2.24, 2.45) is 14.1 Å². The Hall–Kier alpha value is -1.10. The smallest absolute Gasteiger partial charge is 0.314 e. The second-order valence-electron chi connectivity index (χ2n) is 6.39. The molecule has 1 aliphatic heterocycles. The van der Waals surface area contributed by atoms with Crippen LogP contribution in [0.25, 0.3) is 11.0 Å². The summed E-state index contributed by atoms with van der Waals surface area (Å²) in [5.74, 6) is 0. The van der Waals surface area contributed by atoms with Crippen molar-refractivity contribution in [3.63, 3.8) is 0 Å². The first kappa shape index (κ1) is 23.9. The van der Waals surface area contributed by atoms with E-state index in [-0.39, 0.29) is 35.4 Å². The van der Waals surface area contributed by atoms with Crippen LogP contribution in [0.15, 0.2) is 27.9 Å². The fraction of sp³-hybridized carbons (Fsp3) is 0.562. The van der Waals surface area contributed by atoms with E-state index in [9.17, 15) is 13.2 Å². The molecule has 154 valence electrons. The number of sulfonamides is 1. The van der Waals surface area contributed by atoms with Gasteiger partial charge in [0, 0.05) is 46.8 Å². The molecule has 8 nitrogen and oxygen atoms in total. The molecular weight excluding hydrogens is 413 g/mol. The van der Waals surface area contributed by atoms with Gasteiger partial charge in [-0.25, -0.2) is 17.9 Å². The first-order chi connectivity index (χ1) is 11.9. The van der Waals surface area contributed by atoms with Gasteiger partial charge in [-0.1, -0.05) is 0 Å². The number of hydrogen-bond acceptors (Lipinski definition) is 5. The van der Waals surface area contributed by atoms with Crippen LogP contribution < -0.4 is 15.7 Å². The Morgan fingerprint density at radius 1 is 1.07 bits per heavy atom. The number of nitrogens with zero attached hydrogens (tertiary/aromatic N) is 3. The van der Waals surface area contributed by atoms with Crippen LogP contribution in [0.4, 0.5) is 0 Å². The Balaban J connectivity index is 0.00000182. The predicted octanol–water partition coefficient (Wildman–Crippen LogP) is 0.294. The van der Waals surface area contributed by atoms with Gasteiger partial charge in [-0.2, -0.15) is 0 Å². The summed E-state index contributed by atoms with van der Waals surface area (Å²) < 4.78 is 30.6. The average Bonchev–Trinajstić information content (AvgIpc) is 2.84. The van der Waals surface area contributed by atoms with E-state index in [1.165, 1.54) is 9.13 Å². The highest BCUT2D eigenvalue weighted by atomic mass is 35.5. The van der Waals surface area contributed by atoms with Crippen molar-refractivity contribution in [3.05, 3.63) is 28.7 Å². The van der Waals surface area contributed by atoms with E-state index in [1.807, 2.05) is 0 Å². The molecule has 2 N–H and O–H groups in total. The SMILES string of the molecule is Cl.Cl.Cn1c(=O)n(C)c2cc(S(=O)(=O)NCCCN3CCNCC3)ccc21. The van der Waals surface area contributed by atoms with Crippen LogP contribution in [-0.2, 0) is 24.1 Å². The summed E-state index contributed by atoms with van der Waals surface area (Å²) in [6, 6.07) is 4.77. The maximum absolute atomic E-state index is 12.5. The van der Waals surface area contributed by atoms with E-state index in [1.54, 1.807) is 32.3 Å². The molecule has 1 aliphatic rings. The van der Waals surface area contributed by atoms with Crippen LogP contribution in [0.3, 0.4) is 0 Å². The zero-order valence-electron chi connectivity index (χ0n) is 15.5. The fourth-order valence-corrected chi connectivity index (χ4v) is 4.27. The topological polar surface area (TPSA) is 88.4 Å². The quantitative estimate of drug-likeness (QED) is 0.631. The largest absolute Gasteiger partial charge is 0.328 e. The summed E-state index contributed by atoms with van der Waals surface area (Å²) >= 11 is 0. The summed E-state index contributed by atoms with van der Waals surface area (Å²) in [5.41, 5.74) is 1.15. The molecule has 0 amide bonds. The number of rotatable bonds is 6. The van der Waals surface area contributed by atoms with E-state index in [0.29, 0.717) is 17.6 Å². The molecule has 1 aromatic carbocycles. The van der Waals surface area contributed by atoms with Crippen molar-refractivity contribution in [2.75, 3.05) is 39.3 Å². The Kier molecular flexibility index (Phi) is 8.78. The molecule has 11 heteroatoms. The summed E-state index contributed by atoms with van der Waals surface area (Å²) in [4.78, 5) is 14.5. The molecule has 1 fully saturated rings. The molecular formula is C16H27Cl2N5O3S. The van der Waals surface area contributed by atoms with Crippen LogP contribution in [0.5, 0.6) is 0 Å². The minimum Gasteiger partial charge on any atom is -0.314 e. The molecule has 1 aromatic heterocycles. The average molecular weight is 440 g/mol. The zero-order valence-corrected chi connectivity index (χ0v) is 17.9. The highest BCUT2D eigenvalue weighted by molar-refractivity contribution is 7.89. The number of benzene rings is 1. The van der Waals surface area contributed by atoms with Gasteiger partial charge in [0.05, 0.1) is 15.9 Å². The summed E-state index contributed by atoms with van der Waals surface area (Å²) in [5, 5.41) is 3.30. The molecule has 27 heavy (non-hydrogen) atoms. The molecule has 0 unspecified atom stereocenters. The summed E-state index contributed by atoms with van der Waals surface area (Å²) in [7, 11) is -0.266. The number of halogens is 2. The van der Waals surface area contributed by atoms with Gasteiger partial charge in [0.25, 0.3) is 0 Å². The number of hydrogen-bond donors (Lipinski definition) is 2. The molecule has 0 bridgehead atoms. The van der Waals surface area contributed by atoms with Gasteiger partial charge in [-0.3, -0.25) is 9.13 Å². The second kappa shape index (κ2) is 9.90. The maximum atomic E-state index is 12.5. The molecule has 0 saturated carbocycles. The van der Waals surface area contributed by atoms with E-state index in [4.69, 9.17) is 0 Å². The predicted molar refractivity (Wildman–Crippen MR) is 112 cm³/mol. The zero-order chi connectivity index (χ0) is 18.0. The van der Waals surface area contributed by atoms with Gasteiger partial charge in [0.15, 0.2) is 0 Å². The summed E-state index contributed by atoms with van der Waals surface area (Å²) in [6.45, 7) is 5.27. The maximum Gasteiger partial charge on any atom is 0.328 e. The molecule has 0 spiro atoms. The monoisotopic (exact) mass is 439 g/mol. The number of aryl methyl sites for hydroxylation is 2. The van der Waals surface area contributed by atoms with Crippen LogP contribution >= 0.6 is 24.8 Å². The van der Waals surface area contributed by atoms with Crippen LogP contribution in [0.1, 0.15) is 6.42 Å². The Morgan fingerprint density at radius 3 is 2.37 bits per heavy atom. The van der Waals surface area contributed by atoms with Crippen molar-refractivity contribution in [1.82, 2.24) is 24.1 Å². The molecule has 0 radical (unpaired) electrons. The summed E-state index contributed by atoms with van der Waals surface area (Å²) in [6.07, 6.45) is 0.769. The molecule has 1 saturated heterocycles. The molecule has 2 heterocycles. The third-order valence-electron chi connectivity index (χ3n) is 4.71. The van der Waals surface area contributed by atoms with Crippen LogP contribution in [-0.4, -0.2) is 61.7 Å². The lowest BCUT2D eigenvalue weighted by Gasteiger charge is -2.27. The highest BCUT2D eigenvalue weighted by Crippen LogP contribution is 2.17. The third kappa shape index (κ3) is 5.24. The van der Waals surface area contributed by atoms with E-state index < -0.39 is 10.0 Å². The van der Waals surface area contributed by atoms with Gasteiger partial charge >= 0.3 is 5.69 Å². The van der Waals surface area contributed by atoms with Crippen molar-refractivity contribution in [3.8, 4) is 0 Å². The minimum absolute atomic E-state index is 0. The fourth-order valence-electron chi connectivity index (χ4n) is 3.18. The number of nitrogens with one attached hydrogen (secondary N) is 2. The number of imidazole rings is 1. The van der Waals surface area contributed by atoms with Gasteiger partial charge in [0.1, 0.15) is 0 Å². The van der Waals surface area contributed by atoms with Gasteiger partial charge in [0.2, 0.25) is 10.0 Å². The number of fused-ring (bicyclic) bond motifs is 1. The highest BCUT2D eigenvalue weighted by Gasteiger charge is 2.17. The lowest BCUT2D eigenvalue weighted by Crippen LogP contribution is -2.44. The van der Waals surface area contributed by atoms with Crippen molar-refractivity contribution in [2.45, 2.75) is 11.3 Å². The number of aromatic nitrogens is 2. The van der Waals surface area contributed by atoms with Crippen molar-refractivity contribution in [1.29, 1.82) is 0 Å². The first-order valence-corrected chi connectivity index (χ1v) is 9.97. The van der Waals surface area contributed by atoms with Crippen LogP contribution in [0, 0.1) is 0 Å². The second-order valence-corrected chi connectivity index (χ2v) is 8.16. The van der Waals surface area contributed by atoms with Gasteiger partial charge in [-0.05, 0) is 31.2 Å². The van der Waals surface area contributed by atoms with E-state index in [2.05, 4.69) is 14.9 Å². The minimum atomic E-state index is -3.58. The standard InChI is InChI=1S/C16H25N5O3S.2ClH/c1-19-14-5-4-13(12-15(14)20(2)16(19)22)25(23,24)18-6-3-9-21-10-7-17-8-11-21;;/h4-5,12,17-18H,3,6-11H2,1-2H3;2*1H. The molecule has 2 aromatic rings. The van der Waals surface area contributed by atoms with Crippen molar-refractivity contribution < 1.29 is 8.42 Å². The Bertz CT molecular complexity index is 920. The first-order valence-electron chi connectivity index (χ1n) is 8.48. The van der Waals surface area contributed by atoms with Crippen LogP contribution in [0.2, 0.25) is 0 Å². The molecule has 0 atom stereocenters. The van der Waals surface area contributed by atoms with E-state index >= 15 is 0 Å². The van der Waals surface area contributed by atoms with E-state index in [0.717, 1.165) is 39.1 Å². The van der Waals surface area contributed by atoms with Gasteiger partial charge < -0.3 is 10.2 Å². The van der Waals surface area contributed by atoms with Crippen molar-refractivity contribution >= 4 is 45.9 Å². The lowest BCUT2D eigenvalue weighted by atomic mass is 10.3. The number of piperazine rings is 1. The Labute approximate surface area is 171 Å². The van der Waals surface area contributed by atoms with Gasteiger partial charge in [-0.15, -0.1) is 24.8 Å². The normalized spacial score (nSPS) is 15.3.